The molecule has 1 aromatic carbocycles. The van der Waals surface area contributed by atoms with Gasteiger partial charge in [-0.15, -0.1) is 0 Å². The summed E-state index contributed by atoms with van der Waals surface area (Å²) in [5.74, 6) is -0.907. The molecule has 2 aromatic rings. The molecule has 3 rings (SSSR count). The Morgan fingerprint density at radius 1 is 1.29 bits per heavy atom. The van der Waals surface area contributed by atoms with Gasteiger partial charge in [0.15, 0.2) is 5.58 Å². The number of hydrogen-bond acceptors (Lipinski definition) is 4. The zero-order chi connectivity index (χ0) is 11.8. The second kappa shape index (κ2) is 3.69. The van der Waals surface area contributed by atoms with E-state index in [2.05, 4.69) is 10.5 Å². The Labute approximate surface area is 96.8 Å². The summed E-state index contributed by atoms with van der Waals surface area (Å²) >= 11 is 0. The maximum atomic E-state index is 11.7. The normalized spacial score (nSPS) is 20.6. The highest BCUT2D eigenvalue weighted by Gasteiger charge is 2.31. The predicted octanol–water partition coefficient (Wildman–Crippen LogP) is 1.35. The van der Waals surface area contributed by atoms with Crippen LogP contribution in [-0.2, 0) is 9.59 Å². The van der Waals surface area contributed by atoms with Crippen molar-refractivity contribution < 1.29 is 14.1 Å². The van der Waals surface area contributed by atoms with Crippen LogP contribution in [0.1, 0.15) is 24.5 Å². The number of benzene rings is 1. The molecule has 5 heteroatoms. The maximum absolute atomic E-state index is 11.7. The van der Waals surface area contributed by atoms with Crippen LogP contribution in [0.15, 0.2) is 28.8 Å². The van der Waals surface area contributed by atoms with Crippen LogP contribution in [0.25, 0.3) is 11.0 Å². The van der Waals surface area contributed by atoms with E-state index in [1.807, 2.05) is 18.2 Å². The lowest BCUT2D eigenvalue weighted by molar-refractivity contribution is -0.134. The van der Waals surface area contributed by atoms with Crippen molar-refractivity contribution >= 4 is 22.8 Å². The van der Waals surface area contributed by atoms with E-state index in [4.69, 9.17) is 4.52 Å². The van der Waals surface area contributed by atoms with E-state index in [1.54, 1.807) is 6.07 Å². The van der Waals surface area contributed by atoms with Gasteiger partial charge in [-0.1, -0.05) is 17.3 Å². The quantitative estimate of drug-likeness (QED) is 0.750. The molecule has 0 bridgehead atoms. The average molecular weight is 230 g/mol. The standard InChI is InChI=1S/C12H10N2O3/c15-10-6-5-8(12(16)13-10)11-7-3-1-2-4-9(7)17-14-11/h1-4,8H,5-6H2,(H,13,15,16)/t8-/m0/s1. The zero-order valence-corrected chi connectivity index (χ0v) is 8.97. The fourth-order valence-corrected chi connectivity index (χ4v) is 2.11. The van der Waals surface area contributed by atoms with Gasteiger partial charge in [-0.3, -0.25) is 14.9 Å². The first kappa shape index (κ1) is 10.0. The smallest absolute Gasteiger partial charge is 0.235 e. The molecule has 0 unspecified atom stereocenters. The van der Waals surface area contributed by atoms with Gasteiger partial charge in [-0.2, -0.15) is 0 Å². The molecule has 1 aromatic heterocycles. The van der Waals surface area contributed by atoms with E-state index >= 15 is 0 Å². The van der Waals surface area contributed by atoms with Crippen molar-refractivity contribution in [1.29, 1.82) is 0 Å². The Morgan fingerprint density at radius 2 is 2.12 bits per heavy atom. The first-order chi connectivity index (χ1) is 8.25. The topological polar surface area (TPSA) is 72.2 Å². The Kier molecular flexibility index (Phi) is 2.18. The summed E-state index contributed by atoms with van der Waals surface area (Å²) in [5, 5.41) is 7.11. The summed E-state index contributed by atoms with van der Waals surface area (Å²) in [6.07, 6.45) is 0.832. The van der Waals surface area contributed by atoms with Crippen LogP contribution in [0.2, 0.25) is 0 Å². The number of carbonyl (C=O) groups is 2. The highest BCUT2D eigenvalue weighted by atomic mass is 16.5. The lowest BCUT2D eigenvalue weighted by atomic mass is 9.93. The summed E-state index contributed by atoms with van der Waals surface area (Å²) in [6.45, 7) is 0. The van der Waals surface area contributed by atoms with Gasteiger partial charge in [0.2, 0.25) is 11.8 Å². The van der Waals surface area contributed by atoms with Gasteiger partial charge in [0, 0.05) is 11.8 Å². The number of hydrogen-bond donors (Lipinski definition) is 1. The van der Waals surface area contributed by atoms with Crippen molar-refractivity contribution in [3.8, 4) is 0 Å². The molecule has 86 valence electrons. The molecule has 1 aliphatic rings. The van der Waals surface area contributed by atoms with Gasteiger partial charge in [-0.05, 0) is 18.6 Å². The molecule has 0 saturated carbocycles. The lowest BCUT2D eigenvalue weighted by Crippen LogP contribution is -2.39. The number of para-hydroxylation sites is 1. The van der Waals surface area contributed by atoms with Crippen molar-refractivity contribution in [2.24, 2.45) is 0 Å². The first-order valence-corrected chi connectivity index (χ1v) is 5.44. The van der Waals surface area contributed by atoms with Crippen LogP contribution in [0.3, 0.4) is 0 Å². The third-order valence-electron chi connectivity index (χ3n) is 2.97. The SMILES string of the molecule is O=C1CC[C@@H](c2noc3ccccc23)C(=O)N1. The number of piperidine rings is 1. The largest absolute Gasteiger partial charge is 0.356 e. The Hall–Kier alpha value is -2.17. The van der Waals surface area contributed by atoms with Crippen LogP contribution in [0, 0.1) is 0 Å². The molecule has 0 spiro atoms. The Morgan fingerprint density at radius 3 is 2.94 bits per heavy atom. The van der Waals surface area contributed by atoms with E-state index < -0.39 is 5.92 Å². The second-order valence-corrected chi connectivity index (χ2v) is 4.07. The van der Waals surface area contributed by atoms with Crippen LogP contribution in [0.5, 0.6) is 0 Å². The molecule has 17 heavy (non-hydrogen) atoms. The number of imide groups is 1. The minimum absolute atomic E-state index is 0.223. The third-order valence-corrected chi connectivity index (χ3v) is 2.97. The number of carbonyl (C=O) groups excluding carboxylic acids is 2. The van der Waals surface area contributed by atoms with Crippen molar-refractivity contribution in [3.63, 3.8) is 0 Å². The van der Waals surface area contributed by atoms with Crippen LogP contribution in [0.4, 0.5) is 0 Å². The van der Waals surface area contributed by atoms with E-state index in [0.29, 0.717) is 24.1 Å². The molecule has 1 aliphatic heterocycles. The summed E-state index contributed by atoms with van der Waals surface area (Å²) in [7, 11) is 0. The van der Waals surface area contributed by atoms with E-state index in [1.165, 1.54) is 0 Å². The number of nitrogens with zero attached hydrogens (tertiary/aromatic N) is 1. The summed E-state index contributed by atoms with van der Waals surface area (Å²) in [6, 6.07) is 7.39. The fraction of sp³-hybridized carbons (Fsp3) is 0.250. The average Bonchev–Trinajstić information content (AvgIpc) is 2.73. The summed E-state index contributed by atoms with van der Waals surface area (Å²) in [4.78, 5) is 22.8. The third kappa shape index (κ3) is 1.60. The molecule has 1 fully saturated rings. The second-order valence-electron chi connectivity index (χ2n) is 4.07. The van der Waals surface area contributed by atoms with Crippen molar-refractivity contribution in [1.82, 2.24) is 10.5 Å². The molecular weight excluding hydrogens is 220 g/mol. The molecule has 1 N–H and O–H groups in total. The molecular formula is C12H10N2O3. The summed E-state index contributed by atoms with van der Waals surface area (Å²) < 4.78 is 5.16. The first-order valence-electron chi connectivity index (χ1n) is 5.44. The van der Waals surface area contributed by atoms with Crippen molar-refractivity contribution in [3.05, 3.63) is 30.0 Å². The van der Waals surface area contributed by atoms with Gasteiger partial charge >= 0.3 is 0 Å². The number of aromatic nitrogens is 1. The minimum Gasteiger partial charge on any atom is -0.356 e. The van der Waals surface area contributed by atoms with Gasteiger partial charge in [0.1, 0.15) is 5.69 Å². The zero-order valence-electron chi connectivity index (χ0n) is 8.97. The van der Waals surface area contributed by atoms with Gasteiger partial charge in [0.25, 0.3) is 0 Å². The van der Waals surface area contributed by atoms with E-state index in [-0.39, 0.29) is 11.8 Å². The minimum atomic E-state index is -0.392. The van der Waals surface area contributed by atoms with Crippen molar-refractivity contribution in [2.75, 3.05) is 0 Å². The predicted molar refractivity (Wildman–Crippen MR) is 59.1 cm³/mol. The monoisotopic (exact) mass is 230 g/mol. The number of nitrogens with one attached hydrogen (secondary N) is 1. The fourth-order valence-electron chi connectivity index (χ4n) is 2.11. The number of fused-ring (bicyclic) bond motifs is 1. The Bertz CT molecular complexity index is 603. The van der Waals surface area contributed by atoms with Gasteiger partial charge < -0.3 is 4.52 Å². The lowest BCUT2D eigenvalue weighted by Gasteiger charge is -2.18. The summed E-state index contributed by atoms with van der Waals surface area (Å²) in [5.41, 5.74) is 1.28. The molecule has 2 heterocycles. The van der Waals surface area contributed by atoms with Crippen LogP contribution in [-0.4, -0.2) is 17.0 Å². The Balaban J connectivity index is 2.04. The van der Waals surface area contributed by atoms with Gasteiger partial charge in [-0.25, -0.2) is 0 Å². The van der Waals surface area contributed by atoms with E-state index in [0.717, 1.165) is 5.39 Å². The van der Waals surface area contributed by atoms with E-state index in [9.17, 15) is 9.59 Å². The molecule has 0 radical (unpaired) electrons. The number of rotatable bonds is 1. The maximum Gasteiger partial charge on any atom is 0.235 e. The highest BCUT2D eigenvalue weighted by Crippen LogP contribution is 2.29. The van der Waals surface area contributed by atoms with Crippen molar-refractivity contribution in [2.45, 2.75) is 18.8 Å². The molecule has 5 nitrogen and oxygen atoms in total. The molecule has 1 saturated heterocycles. The highest BCUT2D eigenvalue weighted by molar-refractivity contribution is 6.02. The van der Waals surface area contributed by atoms with Crippen LogP contribution >= 0.6 is 0 Å². The molecule has 2 amide bonds. The molecule has 1 atom stereocenters. The van der Waals surface area contributed by atoms with Gasteiger partial charge in [0.05, 0.1) is 5.92 Å². The number of amides is 2. The molecule has 0 aliphatic carbocycles. The van der Waals surface area contributed by atoms with Crippen LogP contribution < -0.4 is 5.32 Å².